The van der Waals surface area contributed by atoms with E-state index in [0.717, 1.165) is 11.6 Å². The van der Waals surface area contributed by atoms with Gasteiger partial charge in [0, 0.05) is 13.2 Å². The summed E-state index contributed by atoms with van der Waals surface area (Å²) in [5.41, 5.74) is 0.903. The smallest absolute Gasteiger partial charge is 0.335 e. The Balaban J connectivity index is 2.06. The van der Waals surface area contributed by atoms with Crippen LogP contribution in [0.2, 0.25) is 0 Å². The van der Waals surface area contributed by atoms with E-state index in [-0.39, 0.29) is 11.9 Å². The van der Waals surface area contributed by atoms with Crippen LogP contribution in [0.15, 0.2) is 36.9 Å². The Morgan fingerprint density at radius 3 is 2.56 bits per heavy atom. The van der Waals surface area contributed by atoms with E-state index in [1.54, 1.807) is 24.3 Å². The molecule has 0 aromatic heterocycles. The standard InChI is InChI=1S/C13H13NO4/c1-3-10(15)18-9-6-4-8(5-7-9)11-12(17-2)13(16)14-11/h3-7,11-12H,1H2,2H3,(H,14,16). The van der Waals surface area contributed by atoms with Crippen LogP contribution in [-0.4, -0.2) is 25.1 Å². The maximum absolute atomic E-state index is 11.2. The van der Waals surface area contributed by atoms with Gasteiger partial charge in [-0.3, -0.25) is 4.79 Å². The van der Waals surface area contributed by atoms with Gasteiger partial charge in [0.1, 0.15) is 5.75 Å². The molecule has 94 valence electrons. The summed E-state index contributed by atoms with van der Waals surface area (Å²) in [6, 6.07) is 6.73. The normalized spacial score (nSPS) is 21.7. The number of methoxy groups -OCH3 is 1. The molecule has 1 aromatic rings. The van der Waals surface area contributed by atoms with E-state index in [2.05, 4.69) is 11.9 Å². The molecular weight excluding hydrogens is 234 g/mol. The molecule has 2 atom stereocenters. The molecule has 1 saturated heterocycles. The van der Waals surface area contributed by atoms with E-state index < -0.39 is 12.1 Å². The first-order valence-corrected chi connectivity index (χ1v) is 5.43. The summed E-state index contributed by atoms with van der Waals surface area (Å²) in [4.78, 5) is 22.2. The second kappa shape index (κ2) is 5.01. The first kappa shape index (κ1) is 12.3. The van der Waals surface area contributed by atoms with Gasteiger partial charge in [-0.05, 0) is 17.7 Å². The van der Waals surface area contributed by atoms with Crippen molar-refractivity contribution >= 4 is 11.9 Å². The van der Waals surface area contributed by atoms with Crippen LogP contribution in [0.3, 0.4) is 0 Å². The van der Waals surface area contributed by atoms with Crippen LogP contribution in [0.25, 0.3) is 0 Å². The number of ether oxygens (including phenoxy) is 2. The molecule has 1 N–H and O–H groups in total. The average Bonchev–Trinajstić information content (AvgIpc) is 2.37. The molecule has 1 aliphatic heterocycles. The molecule has 0 aliphatic carbocycles. The number of nitrogens with one attached hydrogen (secondary N) is 1. The summed E-state index contributed by atoms with van der Waals surface area (Å²) >= 11 is 0. The SMILES string of the molecule is C=CC(=O)Oc1ccc(C2NC(=O)C2OC)cc1. The average molecular weight is 247 g/mol. The van der Waals surface area contributed by atoms with E-state index >= 15 is 0 Å². The Labute approximate surface area is 104 Å². The molecule has 0 bridgehead atoms. The fraction of sp³-hybridized carbons (Fsp3) is 0.231. The van der Waals surface area contributed by atoms with Crippen molar-refractivity contribution in [2.45, 2.75) is 12.1 Å². The molecule has 18 heavy (non-hydrogen) atoms. The minimum absolute atomic E-state index is 0.121. The number of amides is 1. The lowest BCUT2D eigenvalue weighted by molar-refractivity contribution is -0.145. The monoisotopic (exact) mass is 247 g/mol. The van der Waals surface area contributed by atoms with Gasteiger partial charge < -0.3 is 14.8 Å². The minimum Gasteiger partial charge on any atom is -0.423 e. The largest absolute Gasteiger partial charge is 0.423 e. The maximum atomic E-state index is 11.2. The number of hydrogen-bond acceptors (Lipinski definition) is 4. The second-order valence-corrected chi connectivity index (χ2v) is 3.84. The summed E-state index contributed by atoms with van der Waals surface area (Å²) in [5, 5.41) is 2.74. The maximum Gasteiger partial charge on any atom is 0.335 e. The van der Waals surface area contributed by atoms with Crippen molar-refractivity contribution in [1.29, 1.82) is 0 Å². The van der Waals surface area contributed by atoms with Crippen LogP contribution in [0.4, 0.5) is 0 Å². The quantitative estimate of drug-likeness (QED) is 0.372. The number of carbonyl (C=O) groups excluding carboxylic acids is 2. The fourth-order valence-corrected chi connectivity index (χ4v) is 1.77. The zero-order chi connectivity index (χ0) is 13.1. The van der Waals surface area contributed by atoms with Gasteiger partial charge in [0.15, 0.2) is 6.10 Å². The molecule has 1 aromatic carbocycles. The summed E-state index contributed by atoms with van der Waals surface area (Å²) in [6.45, 7) is 3.32. The lowest BCUT2D eigenvalue weighted by Crippen LogP contribution is -2.56. The first-order valence-electron chi connectivity index (χ1n) is 5.43. The summed E-state index contributed by atoms with van der Waals surface area (Å²) in [5.74, 6) is -0.192. The Morgan fingerprint density at radius 1 is 1.39 bits per heavy atom. The number of esters is 1. The molecule has 2 unspecified atom stereocenters. The highest BCUT2D eigenvalue weighted by Gasteiger charge is 2.40. The molecule has 0 saturated carbocycles. The van der Waals surface area contributed by atoms with E-state index in [4.69, 9.17) is 9.47 Å². The highest BCUT2D eigenvalue weighted by molar-refractivity contribution is 5.88. The molecule has 1 fully saturated rings. The Hall–Kier alpha value is -2.14. The summed E-state index contributed by atoms with van der Waals surface area (Å²) < 4.78 is 10.0. The number of carbonyl (C=O) groups is 2. The second-order valence-electron chi connectivity index (χ2n) is 3.84. The van der Waals surface area contributed by atoms with Crippen molar-refractivity contribution in [3.05, 3.63) is 42.5 Å². The van der Waals surface area contributed by atoms with Crippen LogP contribution in [0, 0.1) is 0 Å². The molecule has 0 radical (unpaired) electrons. The van der Waals surface area contributed by atoms with Gasteiger partial charge in [0.25, 0.3) is 5.91 Å². The summed E-state index contributed by atoms with van der Waals surface area (Å²) in [6.07, 6.45) is 0.646. The van der Waals surface area contributed by atoms with Gasteiger partial charge >= 0.3 is 5.97 Å². The lowest BCUT2D eigenvalue weighted by atomic mass is 9.94. The van der Waals surface area contributed by atoms with Crippen molar-refractivity contribution < 1.29 is 19.1 Å². The van der Waals surface area contributed by atoms with Crippen LogP contribution < -0.4 is 10.1 Å². The number of rotatable bonds is 4. The highest BCUT2D eigenvalue weighted by Crippen LogP contribution is 2.28. The predicted molar refractivity (Wildman–Crippen MR) is 64.0 cm³/mol. The Bertz CT molecular complexity index is 480. The van der Waals surface area contributed by atoms with E-state index in [9.17, 15) is 9.59 Å². The van der Waals surface area contributed by atoms with Crippen LogP contribution in [-0.2, 0) is 14.3 Å². The minimum atomic E-state index is -0.505. The van der Waals surface area contributed by atoms with E-state index in [1.807, 2.05) is 0 Å². The zero-order valence-corrected chi connectivity index (χ0v) is 9.88. The van der Waals surface area contributed by atoms with Gasteiger partial charge in [-0.15, -0.1) is 0 Å². The van der Waals surface area contributed by atoms with Crippen LogP contribution in [0.5, 0.6) is 5.75 Å². The number of hydrogen-bond donors (Lipinski definition) is 1. The van der Waals surface area contributed by atoms with Crippen molar-refractivity contribution in [3.8, 4) is 5.75 Å². The molecule has 1 amide bonds. The van der Waals surface area contributed by atoms with Crippen molar-refractivity contribution in [1.82, 2.24) is 5.32 Å². The van der Waals surface area contributed by atoms with Gasteiger partial charge in [-0.1, -0.05) is 18.7 Å². The fourth-order valence-electron chi connectivity index (χ4n) is 1.77. The molecule has 2 rings (SSSR count). The van der Waals surface area contributed by atoms with Crippen molar-refractivity contribution in [2.75, 3.05) is 7.11 Å². The van der Waals surface area contributed by atoms with Gasteiger partial charge in [-0.25, -0.2) is 4.79 Å². The number of β-lactam (4-membered cyclic amide) rings is 1. The molecular formula is C13H13NO4. The lowest BCUT2D eigenvalue weighted by Gasteiger charge is -2.35. The van der Waals surface area contributed by atoms with Gasteiger partial charge in [-0.2, -0.15) is 0 Å². The van der Waals surface area contributed by atoms with Crippen molar-refractivity contribution in [3.63, 3.8) is 0 Å². The van der Waals surface area contributed by atoms with Crippen LogP contribution in [0.1, 0.15) is 11.6 Å². The van der Waals surface area contributed by atoms with Crippen molar-refractivity contribution in [2.24, 2.45) is 0 Å². The number of benzene rings is 1. The topological polar surface area (TPSA) is 64.6 Å². The first-order chi connectivity index (χ1) is 8.65. The van der Waals surface area contributed by atoms with Gasteiger partial charge in [0.2, 0.25) is 0 Å². The molecule has 1 heterocycles. The molecule has 5 heteroatoms. The molecule has 1 aliphatic rings. The Morgan fingerprint density at radius 2 is 2.06 bits per heavy atom. The predicted octanol–water partition coefficient (Wildman–Crippen LogP) is 0.964. The third kappa shape index (κ3) is 2.26. The molecule has 5 nitrogen and oxygen atoms in total. The highest BCUT2D eigenvalue weighted by atomic mass is 16.5. The third-order valence-corrected chi connectivity index (χ3v) is 2.74. The summed E-state index contributed by atoms with van der Waals surface area (Å²) in [7, 11) is 1.50. The Kier molecular flexibility index (Phi) is 3.43. The zero-order valence-electron chi connectivity index (χ0n) is 9.88. The van der Waals surface area contributed by atoms with E-state index in [0.29, 0.717) is 5.75 Å². The van der Waals surface area contributed by atoms with E-state index in [1.165, 1.54) is 7.11 Å². The van der Waals surface area contributed by atoms with Crippen LogP contribution >= 0.6 is 0 Å². The molecule has 0 spiro atoms. The van der Waals surface area contributed by atoms with Gasteiger partial charge in [0.05, 0.1) is 6.04 Å². The third-order valence-electron chi connectivity index (χ3n) is 2.74.